The van der Waals surface area contributed by atoms with Crippen LogP contribution in [0.4, 0.5) is 8.78 Å². The number of benzene rings is 1. The SMILES string of the molecule is Cn1nc(-c2nnc(C(F)F)s2)c2cc(S(=O)(=O)NC3(C#N)CC3)cc(C3=CC4CCC(C3)N4)c21. The fourth-order valence-corrected chi connectivity index (χ4v) is 7.09. The highest BCUT2D eigenvalue weighted by atomic mass is 32.2. The van der Waals surface area contributed by atoms with Gasteiger partial charge in [-0.15, -0.1) is 10.2 Å². The lowest BCUT2D eigenvalue weighted by Gasteiger charge is -2.23. The summed E-state index contributed by atoms with van der Waals surface area (Å²) in [6.45, 7) is 0. The van der Waals surface area contributed by atoms with Crippen LogP contribution < -0.4 is 10.0 Å². The molecule has 2 bridgehead atoms. The van der Waals surface area contributed by atoms with Crippen molar-refractivity contribution in [1.29, 1.82) is 5.26 Å². The third-order valence-corrected chi connectivity index (χ3v) is 9.29. The van der Waals surface area contributed by atoms with Gasteiger partial charge in [-0.25, -0.2) is 17.2 Å². The molecule has 2 aliphatic heterocycles. The lowest BCUT2D eigenvalue weighted by Crippen LogP contribution is -2.35. The highest BCUT2D eigenvalue weighted by Crippen LogP contribution is 2.41. The third-order valence-electron chi connectivity index (χ3n) is 6.84. The number of hydrogen-bond donors (Lipinski definition) is 2. The molecule has 2 aromatic heterocycles. The van der Waals surface area contributed by atoms with Gasteiger partial charge in [0.1, 0.15) is 11.2 Å². The molecule has 1 aromatic carbocycles. The second kappa shape index (κ2) is 7.86. The van der Waals surface area contributed by atoms with Gasteiger partial charge in [-0.2, -0.15) is 15.1 Å². The van der Waals surface area contributed by atoms with Gasteiger partial charge in [-0.05, 0) is 49.8 Å². The molecule has 3 aliphatic rings. The number of sulfonamides is 1. The van der Waals surface area contributed by atoms with Crippen molar-refractivity contribution >= 4 is 37.8 Å². The molecule has 2 atom stereocenters. The van der Waals surface area contributed by atoms with Gasteiger partial charge in [0.15, 0.2) is 10.0 Å². The van der Waals surface area contributed by atoms with E-state index in [1.54, 1.807) is 17.8 Å². The standard InChI is InChI=1S/C22H21F2N7O2S2/c1-31-18-15(11-6-12-2-3-13(7-11)26-12)8-14(35(32,33)30-22(10-25)4-5-22)9-16(18)17(29-31)20-27-28-21(34-20)19(23)24/h6,8-9,12-13,19,26,30H,2-5,7H2,1H3. The second-order valence-electron chi connectivity index (χ2n) is 9.33. The van der Waals surface area contributed by atoms with Crippen molar-refractivity contribution in [3.8, 4) is 16.8 Å². The van der Waals surface area contributed by atoms with Gasteiger partial charge < -0.3 is 5.32 Å². The van der Waals surface area contributed by atoms with Gasteiger partial charge in [-0.3, -0.25) is 4.68 Å². The van der Waals surface area contributed by atoms with Gasteiger partial charge in [0.25, 0.3) is 6.43 Å². The molecule has 0 amide bonds. The Balaban J connectivity index is 1.56. The van der Waals surface area contributed by atoms with Crippen LogP contribution in [0.1, 0.15) is 49.1 Å². The molecule has 1 aliphatic carbocycles. The van der Waals surface area contributed by atoms with Crippen LogP contribution in [0.3, 0.4) is 0 Å². The number of hydrogen-bond acceptors (Lipinski definition) is 8. The molecule has 3 aromatic rings. The number of nitrogens with zero attached hydrogens (tertiary/aromatic N) is 5. The predicted octanol–water partition coefficient (Wildman–Crippen LogP) is 3.27. The van der Waals surface area contributed by atoms with Crippen LogP contribution in [0.2, 0.25) is 0 Å². The Labute approximate surface area is 203 Å². The molecule has 9 nitrogen and oxygen atoms in total. The number of nitriles is 1. The molecular formula is C22H21F2N7O2S2. The van der Waals surface area contributed by atoms with E-state index >= 15 is 0 Å². The zero-order chi connectivity index (χ0) is 24.5. The van der Waals surface area contributed by atoms with E-state index in [0.29, 0.717) is 35.5 Å². The Morgan fingerprint density at radius 3 is 2.77 bits per heavy atom. The quantitative estimate of drug-likeness (QED) is 0.514. The maximum atomic E-state index is 13.4. The molecule has 1 saturated carbocycles. The van der Waals surface area contributed by atoms with Crippen molar-refractivity contribution in [2.45, 2.75) is 61.0 Å². The molecule has 182 valence electrons. The van der Waals surface area contributed by atoms with Crippen molar-refractivity contribution in [3.63, 3.8) is 0 Å². The number of halogens is 2. The van der Waals surface area contributed by atoms with Crippen molar-refractivity contribution in [2.24, 2.45) is 7.05 Å². The first kappa shape index (κ1) is 22.7. The van der Waals surface area contributed by atoms with Crippen molar-refractivity contribution < 1.29 is 17.2 Å². The first-order valence-electron chi connectivity index (χ1n) is 11.2. The van der Waals surface area contributed by atoms with Gasteiger partial charge >= 0.3 is 0 Å². The molecule has 4 heterocycles. The maximum absolute atomic E-state index is 13.4. The lowest BCUT2D eigenvalue weighted by atomic mass is 9.94. The Kier molecular flexibility index (Phi) is 5.09. The molecule has 2 N–H and O–H groups in total. The number of nitrogens with one attached hydrogen (secondary N) is 2. The maximum Gasteiger partial charge on any atom is 0.291 e. The predicted molar refractivity (Wildman–Crippen MR) is 125 cm³/mol. The van der Waals surface area contributed by atoms with Crippen LogP contribution in [-0.2, 0) is 17.1 Å². The van der Waals surface area contributed by atoms with Gasteiger partial charge in [0.05, 0.1) is 16.5 Å². The second-order valence-corrected chi connectivity index (χ2v) is 12.0. The first-order chi connectivity index (χ1) is 16.7. The van der Waals surface area contributed by atoms with Crippen molar-refractivity contribution in [2.75, 3.05) is 0 Å². The topological polar surface area (TPSA) is 126 Å². The third kappa shape index (κ3) is 3.85. The summed E-state index contributed by atoms with van der Waals surface area (Å²) in [5.74, 6) is 0. The normalized spacial score (nSPS) is 23.0. The highest BCUT2D eigenvalue weighted by molar-refractivity contribution is 7.89. The van der Waals surface area contributed by atoms with Crippen LogP contribution in [0.25, 0.3) is 27.2 Å². The van der Waals surface area contributed by atoms with Crippen molar-refractivity contribution in [3.05, 3.63) is 28.8 Å². The molecular weight excluding hydrogens is 496 g/mol. The van der Waals surface area contributed by atoms with Crippen LogP contribution in [-0.4, -0.2) is 46.0 Å². The Bertz CT molecular complexity index is 1530. The fraction of sp³-hybridized carbons (Fsp3) is 0.455. The molecule has 35 heavy (non-hydrogen) atoms. The largest absolute Gasteiger partial charge is 0.307 e. The summed E-state index contributed by atoms with van der Waals surface area (Å²) in [6.07, 6.45) is 3.07. The zero-order valence-corrected chi connectivity index (χ0v) is 20.3. The monoisotopic (exact) mass is 517 g/mol. The molecule has 1 saturated heterocycles. The van der Waals surface area contributed by atoms with E-state index in [9.17, 15) is 22.5 Å². The molecule has 2 fully saturated rings. The smallest absolute Gasteiger partial charge is 0.291 e. The van der Waals surface area contributed by atoms with Crippen LogP contribution in [0.5, 0.6) is 0 Å². The van der Waals surface area contributed by atoms with Crippen LogP contribution in [0.15, 0.2) is 23.1 Å². The number of alkyl halides is 2. The zero-order valence-electron chi connectivity index (χ0n) is 18.6. The number of rotatable bonds is 6. The van der Waals surface area contributed by atoms with Crippen LogP contribution >= 0.6 is 11.3 Å². The summed E-state index contributed by atoms with van der Waals surface area (Å²) >= 11 is 0.731. The van der Waals surface area contributed by atoms with E-state index in [1.165, 1.54) is 6.07 Å². The lowest BCUT2D eigenvalue weighted by molar-refractivity contribution is 0.150. The minimum absolute atomic E-state index is 0.00107. The van der Waals surface area contributed by atoms with Crippen LogP contribution in [0, 0.1) is 11.3 Å². The summed E-state index contributed by atoms with van der Waals surface area (Å²) in [5, 5.41) is 25.2. The molecule has 0 radical (unpaired) electrons. The highest BCUT2D eigenvalue weighted by Gasteiger charge is 2.47. The van der Waals surface area contributed by atoms with Gasteiger partial charge in [0, 0.05) is 30.1 Å². The Morgan fingerprint density at radius 1 is 1.31 bits per heavy atom. The number of fused-ring (bicyclic) bond motifs is 3. The Hall–Kier alpha value is -2.79. The molecule has 6 rings (SSSR count). The van der Waals surface area contributed by atoms with E-state index in [4.69, 9.17) is 0 Å². The van der Waals surface area contributed by atoms with Gasteiger partial charge in [0.2, 0.25) is 10.0 Å². The number of aromatic nitrogens is 4. The van der Waals surface area contributed by atoms with E-state index < -0.39 is 27.0 Å². The minimum atomic E-state index is -4.03. The summed E-state index contributed by atoms with van der Waals surface area (Å²) < 4.78 is 57.3. The summed E-state index contributed by atoms with van der Waals surface area (Å²) in [6, 6.07) is 5.70. The fourth-order valence-electron chi connectivity index (χ4n) is 4.96. The Morgan fingerprint density at radius 2 is 2.11 bits per heavy atom. The summed E-state index contributed by atoms with van der Waals surface area (Å²) in [4.78, 5) is 0.00107. The number of aryl methyl sites for hydroxylation is 1. The van der Waals surface area contributed by atoms with Crippen molar-refractivity contribution in [1.82, 2.24) is 30.0 Å². The molecule has 0 spiro atoms. The minimum Gasteiger partial charge on any atom is -0.307 e. The summed E-state index contributed by atoms with van der Waals surface area (Å²) in [7, 11) is -2.30. The van der Waals surface area contributed by atoms with Gasteiger partial charge in [-0.1, -0.05) is 17.4 Å². The first-order valence-corrected chi connectivity index (χ1v) is 13.5. The van der Waals surface area contributed by atoms with E-state index in [2.05, 4.69) is 37.5 Å². The van der Waals surface area contributed by atoms with E-state index in [-0.39, 0.29) is 15.9 Å². The average molecular weight is 518 g/mol. The summed E-state index contributed by atoms with van der Waals surface area (Å²) in [5.41, 5.74) is 1.65. The average Bonchev–Trinajstić information content (AvgIpc) is 3.13. The van der Waals surface area contributed by atoms with E-state index in [1.807, 2.05) is 0 Å². The molecule has 2 unspecified atom stereocenters. The molecule has 13 heteroatoms. The van der Waals surface area contributed by atoms with E-state index in [0.717, 1.165) is 41.7 Å².